The van der Waals surface area contributed by atoms with Crippen LogP contribution in [0.4, 0.5) is 17.2 Å². The molecule has 0 saturated carbocycles. The number of aromatic nitrogens is 1. The van der Waals surface area contributed by atoms with Crippen LogP contribution < -0.4 is 14.4 Å². The van der Waals surface area contributed by atoms with Crippen molar-refractivity contribution in [3.8, 4) is 5.75 Å². The van der Waals surface area contributed by atoms with Crippen LogP contribution in [-0.4, -0.2) is 30.3 Å². The highest BCUT2D eigenvalue weighted by Gasteiger charge is 2.42. The fourth-order valence-electron chi connectivity index (χ4n) is 3.08. The Balaban J connectivity index is 0.00000280. The molecule has 28 heavy (non-hydrogen) atoms. The lowest BCUT2D eigenvalue weighted by molar-refractivity contribution is -0.592. The Bertz CT molecular complexity index is 835. The number of halogens is 1. The second-order valence-electron chi connectivity index (χ2n) is 6.84. The standard InChI is InChI=1S/C19H23N3O5.ClH/c1-3-4-11-26-14-19(2)13-20(18-7-5-6-10-21(18)23)16-12-15(22(24)25)8-9-17(16)27-19;/h5-10,12H,3-4,11,13-14H2,1-2H3;1H. The maximum absolute atomic E-state index is 12.3. The molecule has 0 saturated heterocycles. The molecule has 0 bridgehead atoms. The van der Waals surface area contributed by atoms with Gasteiger partial charge in [-0.25, -0.2) is 9.63 Å². The van der Waals surface area contributed by atoms with E-state index in [1.165, 1.54) is 18.3 Å². The van der Waals surface area contributed by atoms with Crippen molar-refractivity contribution in [1.82, 2.24) is 0 Å². The van der Waals surface area contributed by atoms with E-state index in [-0.39, 0.29) is 18.1 Å². The van der Waals surface area contributed by atoms with E-state index in [0.717, 1.165) is 17.6 Å². The number of nitrogens with zero attached hydrogens (tertiary/aromatic N) is 3. The number of fused-ring (bicyclic) bond motifs is 1. The quantitative estimate of drug-likeness (QED) is 0.227. The maximum Gasteiger partial charge on any atom is 0.285 e. The molecular formula is C19H24ClN3O5. The SMILES string of the molecule is CCCCOCC1(C)CN(c2cccc[n+]2[O-])c2cc([N+](=O)[O-])ccc2O1.Cl. The number of unbranched alkanes of at least 4 members (excludes halogenated alkanes) is 1. The van der Waals surface area contributed by atoms with Crippen LogP contribution in [0.1, 0.15) is 26.7 Å². The van der Waals surface area contributed by atoms with Gasteiger partial charge in [0.15, 0.2) is 17.0 Å². The molecule has 1 aliphatic rings. The molecule has 0 N–H and O–H groups in total. The second kappa shape index (κ2) is 9.07. The molecule has 2 aromatic rings. The number of nitro benzene ring substituents is 1. The summed E-state index contributed by atoms with van der Waals surface area (Å²) in [5, 5.41) is 23.5. The van der Waals surface area contributed by atoms with Crippen LogP contribution in [0.15, 0.2) is 42.6 Å². The molecule has 1 aromatic heterocycles. The van der Waals surface area contributed by atoms with Gasteiger partial charge in [-0.2, -0.15) is 0 Å². The lowest BCUT2D eigenvalue weighted by Crippen LogP contribution is -2.52. The first-order valence-corrected chi connectivity index (χ1v) is 8.94. The normalized spacial score (nSPS) is 18.0. The molecule has 1 atom stereocenters. The van der Waals surface area contributed by atoms with Crippen LogP contribution in [0.3, 0.4) is 0 Å². The molecule has 0 fully saturated rings. The van der Waals surface area contributed by atoms with E-state index in [9.17, 15) is 15.3 Å². The summed E-state index contributed by atoms with van der Waals surface area (Å²) in [4.78, 5) is 12.5. The summed E-state index contributed by atoms with van der Waals surface area (Å²) >= 11 is 0. The van der Waals surface area contributed by atoms with Crippen LogP contribution in [0, 0.1) is 15.3 Å². The Labute approximate surface area is 169 Å². The summed E-state index contributed by atoms with van der Waals surface area (Å²) in [6, 6.07) is 9.47. The minimum Gasteiger partial charge on any atom is -0.711 e. The molecule has 8 nitrogen and oxygen atoms in total. The number of ether oxygens (including phenoxy) is 2. The number of hydrogen-bond donors (Lipinski definition) is 0. The van der Waals surface area contributed by atoms with Gasteiger partial charge in [-0.1, -0.05) is 19.4 Å². The largest absolute Gasteiger partial charge is 0.711 e. The average Bonchev–Trinajstić information content (AvgIpc) is 2.65. The molecular weight excluding hydrogens is 386 g/mol. The van der Waals surface area contributed by atoms with Gasteiger partial charge in [-0.15, -0.1) is 12.4 Å². The summed E-state index contributed by atoms with van der Waals surface area (Å²) in [5.41, 5.74) is -0.260. The van der Waals surface area contributed by atoms with Gasteiger partial charge in [0.2, 0.25) is 0 Å². The van der Waals surface area contributed by atoms with Crippen molar-refractivity contribution in [1.29, 1.82) is 0 Å². The Morgan fingerprint density at radius 3 is 2.82 bits per heavy atom. The summed E-state index contributed by atoms with van der Waals surface area (Å²) in [6.45, 7) is 5.32. The molecule has 1 aliphatic heterocycles. The third kappa shape index (κ3) is 4.63. The maximum atomic E-state index is 12.3. The van der Waals surface area contributed by atoms with E-state index >= 15 is 0 Å². The first-order valence-electron chi connectivity index (χ1n) is 8.94. The number of pyridine rings is 1. The van der Waals surface area contributed by atoms with Crippen LogP contribution in [0.2, 0.25) is 0 Å². The highest BCUT2D eigenvalue weighted by molar-refractivity contribution is 5.85. The summed E-state index contributed by atoms with van der Waals surface area (Å²) in [7, 11) is 0. The number of anilines is 2. The van der Waals surface area contributed by atoms with E-state index < -0.39 is 10.5 Å². The van der Waals surface area contributed by atoms with Crippen LogP contribution in [-0.2, 0) is 4.74 Å². The number of benzene rings is 1. The van der Waals surface area contributed by atoms with Crippen molar-refractivity contribution in [3.05, 3.63) is 57.9 Å². The molecule has 0 aliphatic carbocycles. The minimum absolute atomic E-state index is 0. The Morgan fingerprint density at radius 2 is 2.14 bits per heavy atom. The molecule has 3 rings (SSSR count). The predicted molar refractivity (Wildman–Crippen MR) is 108 cm³/mol. The fraction of sp³-hybridized carbons (Fsp3) is 0.421. The Hall–Kier alpha value is -2.58. The van der Waals surface area contributed by atoms with E-state index in [4.69, 9.17) is 9.47 Å². The minimum atomic E-state index is -0.695. The van der Waals surface area contributed by atoms with Gasteiger partial charge in [0.05, 0.1) is 23.8 Å². The third-order valence-electron chi connectivity index (χ3n) is 4.42. The van der Waals surface area contributed by atoms with Crippen LogP contribution in [0.5, 0.6) is 5.75 Å². The lowest BCUT2D eigenvalue weighted by atomic mass is 10.0. The van der Waals surface area contributed by atoms with Gasteiger partial charge in [0.25, 0.3) is 11.5 Å². The highest BCUT2D eigenvalue weighted by atomic mass is 35.5. The fourth-order valence-corrected chi connectivity index (χ4v) is 3.08. The molecule has 1 unspecified atom stereocenters. The van der Waals surface area contributed by atoms with E-state index in [1.807, 2.05) is 6.92 Å². The zero-order valence-electron chi connectivity index (χ0n) is 15.9. The highest BCUT2D eigenvalue weighted by Crippen LogP contribution is 2.42. The van der Waals surface area contributed by atoms with Gasteiger partial charge >= 0.3 is 0 Å². The molecule has 0 spiro atoms. The van der Waals surface area contributed by atoms with E-state index in [2.05, 4.69) is 6.92 Å². The van der Waals surface area contributed by atoms with E-state index in [1.54, 1.807) is 29.2 Å². The van der Waals surface area contributed by atoms with E-state index in [0.29, 0.717) is 37.0 Å². The number of non-ortho nitro benzene ring substituents is 1. The Kier molecular flexibility index (Phi) is 7.04. The zero-order chi connectivity index (χ0) is 19.4. The van der Waals surface area contributed by atoms with Crippen molar-refractivity contribution < 1.29 is 19.1 Å². The first kappa shape index (κ1) is 21.7. The monoisotopic (exact) mass is 409 g/mol. The summed E-state index contributed by atoms with van der Waals surface area (Å²) < 4.78 is 12.6. The third-order valence-corrected chi connectivity index (χ3v) is 4.42. The second-order valence-corrected chi connectivity index (χ2v) is 6.84. The lowest BCUT2D eigenvalue weighted by Gasteiger charge is -2.38. The van der Waals surface area contributed by atoms with Crippen molar-refractivity contribution in [2.24, 2.45) is 0 Å². The van der Waals surface area contributed by atoms with Crippen molar-refractivity contribution in [2.45, 2.75) is 32.3 Å². The van der Waals surface area contributed by atoms with Crippen molar-refractivity contribution in [3.63, 3.8) is 0 Å². The zero-order valence-corrected chi connectivity index (χ0v) is 16.7. The van der Waals surface area contributed by atoms with Gasteiger partial charge in [0, 0.05) is 18.7 Å². The molecule has 0 radical (unpaired) electrons. The van der Waals surface area contributed by atoms with Crippen LogP contribution >= 0.6 is 12.4 Å². The van der Waals surface area contributed by atoms with Gasteiger partial charge < -0.3 is 14.7 Å². The number of nitro groups is 1. The van der Waals surface area contributed by atoms with Gasteiger partial charge in [-0.05, 0) is 25.5 Å². The van der Waals surface area contributed by atoms with Crippen LogP contribution in [0.25, 0.3) is 0 Å². The van der Waals surface area contributed by atoms with Crippen molar-refractivity contribution in [2.75, 3.05) is 24.7 Å². The van der Waals surface area contributed by atoms with Gasteiger partial charge in [0.1, 0.15) is 6.54 Å². The summed E-state index contributed by atoms with van der Waals surface area (Å²) in [6.07, 6.45) is 3.40. The smallest absolute Gasteiger partial charge is 0.285 e. The first-order chi connectivity index (χ1) is 12.9. The molecule has 2 heterocycles. The average molecular weight is 410 g/mol. The summed E-state index contributed by atoms with van der Waals surface area (Å²) in [5.74, 6) is 0.861. The van der Waals surface area contributed by atoms with Crippen molar-refractivity contribution >= 4 is 29.6 Å². The Morgan fingerprint density at radius 1 is 1.36 bits per heavy atom. The van der Waals surface area contributed by atoms with Gasteiger partial charge in [-0.3, -0.25) is 10.1 Å². The molecule has 0 amide bonds. The number of rotatable bonds is 7. The number of hydrogen-bond acceptors (Lipinski definition) is 6. The molecule has 152 valence electrons. The predicted octanol–water partition coefficient (Wildman–Crippen LogP) is 3.76. The molecule has 9 heteroatoms. The molecule has 1 aromatic carbocycles. The topological polar surface area (TPSA) is 91.8 Å².